The lowest BCUT2D eigenvalue weighted by atomic mass is 9.83. The van der Waals surface area contributed by atoms with Crippen molar-refractivity contribution in [2.24, 2.45) is 0 Å². The van der Waals surface area contributed by atoms with E-state index in [1.165, 1.54) is 40.7 Å². The zero-order chi connectivity index (χ0) is 14.5. The Bertz CT molecular complexity index is 885. The van der Waals surface area contributed by atoms with E-state index in [9.17, 15) is 0 Å². The lowest BCUT2D eigenvalue weighted by Crippen LogP contribution is -2.15. The molecule has 0 radical (unpaired) electrons. The smallest absolute Gasteiger partial charge is 0.137 e. The molecule has 5 rings (SSSR count). The average Bonchev–Trinajstić information content (AvgIpc) is 2.79. The van der Waals surface area contributed by atoms with Crippen molar-refractivity contribution in [3.8, 4) is 0 Å². The number of rotatable bonds is 0. The Balaban J connectivity index is 1.86. The molecule has 0 fully saturated rings. The molecule has 0 amide bonds. The molecular weight excluding hydrogens is 270 g/mol. The zero-order valence-corrected chi connectivity index (χ0v) is 12.3. The lowest BCUT2D eigenvalue weighted by Gasteiger charge is -2.29. The first-order valence-corrected chi connectivity index (χ1v) is 7.94. The normalized spacial score (nSPS) is 18.6. The highest BCUT2D eigenvalue weighted by Crippen LogP contribution is 2.48. The van der Waals surface area contributed by atoms with Crippen LogP contribution in [-0.2, 0) is 0 Å². The molecule has 2 aliphatic heterocycles. The second-order valence-electron chi connectivity index (χ2n) is 6.10. The van der Waals surface area contributed by atoms with Gasteiger partial charge in [-0.05, 0) is 30.5 Å². The summed E-state index contributed by atoms with van der Waals surface area (Å²) in [6.07, 6.45) is 2.35. The fraction of sp³-hybridized carbons (Fsp3) is 0.211. The third-order valence-electron chi connectivity index (χ3n) is 4.84. The quantitative estimate of drug-likeness (QED) is 0.633. The van der Waals surface area contributed by atoms with Crippen LogP contribution in [-0.4, -0.2) is 11.5 Å². The van der Waals surface area contributed by atoms with Gasteiger partial charge in [-0.2, -0.15) is 0 Å². The molecule has 3 nitrogen and oxygen atoms in total. The Morgan fingerprint density at radius 3 is 2.86 bits per heavy atom. The van der Waals surface area contributed by atoms with Crippen LogP contribution in [0.15, 0.2) is 48.5 Å². The second kappa shape index (κ2) is 4.47. The van der Waals surface area contributed by atoms with Crippen LogP contribution in [0, 0.1) is 0 Å². The van der Waals surface area contributed by atoms with Gasteiger partial charge in [0.15, 0.2) is 0 Å². The Hall–Kier alpha value is -2.55. The summed E-state index contributed by atoms with van der Waals surface area (Å²) in [5, 5.41) is 8.44. The van der Waals surface area contributed by atoms with Crippen LogP contribution in [0.2, 0.25) is 0 Å². The van der Waals surface area contributed by atoms with Gasteiger partial charge in [-0.25, -0.2) is 4.98 Å². The van der Waals surface area contributed by atoms with Crippen LogP contribution < -0.4 is 10.6 Å². The molecule has 0 saturated carbocycles. The standard InChI is InChI=1S/C19H17N3/c1-3-9-15-12(6-1)13-8-5-11-20-18-14-7-2-4-10-16(14)22-19(21-15)17(13)18/h1-4,6-7,9-10,13,20H,5,8,11H2,(H,21,22)/t13-/m0/s1. The first kappa shape index (κ1) is 12.0. The van der Waals surface area contributed by atoms with E-state index in [0.717, 1.165) is 17.9 Å². The number of nitrogens with one attached hydrogen (secondary N) is 2. The topological polar surface area (TPSA) is 37.0 Å². The second-order valence-corrected chi connectivity index (χ2v) is 6.10. The highest BCUT2D eigenvalue weighted by atomic mass is 15.0. The first-order chi connectivity index (χ1) is 10.9. The van der Waals surface area contributed by atoms with Crippen molar-refractivity contribution in [2.75, 3.05) is 17.2 Å². The van der Waals surface area contributed by atoms with Crippen molar-refractivity contribution in [3.05, 3.63) is 59.7 Å². The van der Waals surface area contributed by atoms with Crippen LogP contribution in [0.1, 0.15) is 29.9 Å². The van der Waals surface area contributed by atoms with Gasteiger partial charge >= 0.3 is 0 Å². The number of hydrogen-bond donors (Lipinski definition) is 2. The fourth-order valence-electron chi connectivity index (χ4n) is 3.87. The molecule has 0 saturated heterocycles. The van der Waals surface area contributed by atoms with Crippen molar-refractivity contribution < 1.29 is 0 Å². The molecule has 0 spiro atoms. The minimum Gasteiger partial charge on any atom is -0.384 e. The van der Waals surface area contributed by atoms with E-state index < -0.39 is 0 Å². The van der Waals surface area contributed by atoms with Gasteiger partial charge in [0.25, 0.3) is 0 Å². The summed E-state index contributed by atoms with van der Waals surface area (Å²) in [4.78, 5) is 4.90. The van der Waals surface area contributed by atoms with Crippen molar-refractivity contribution in [1.82, 2.24) is 4.98 Å². The average molecular weight is 287 g/mol. The third-order valence-corrected chi connectivity index (χ3v) is 4.84. The number of benzene rings is 2. The van der Waals surface area contributed by atoms with Gasteiger partial charge in [-0.1, -0.05) is 36.4 Å². The van der Waals surface area contributed by atoms with E-state index >= 15 is 0 Å². The Labute approximate surface area is 129 Å². The van der Waals surface area contributed by atoms with E-state index in [4.69, 9.17) is 4.98 Å². The van der Waals surface area contributed by atoms with Crippen LogP contribution in [0.25, 0.3) is 10.9 Å². The molecule has 3 aromatic rings. The van der Waals surface area contributed by atoms with Crippen molar-refractivity contribution in [1.29, 1.82) is 0 Å². The molecular formula is C19H17N3. The number of fused-ring (bicyclic) bond motifs is 4. The summed E-state index contributed by atoms with van der Waals surface area (Å²) >= 11 is 0. The number of anilines is 3. The monoisotopic (exact) mass is 287 g/mol. The Morgan fingerprint density at radius 1 is 1.00 bits per heavy atom. The summed E-state index contributed by atoms with van der Waals surface area (Å²) in [6, 6.07) is 17.1. The Morgan fingerprint density at radius 2 is 1.86 bits per heavy atom. The highest BCUT2D eigenvalue weighted by Gasteiger charge is 2.31. The molecule has 0 bridgehead atoms. The number of pyridine rings is 1. The van der Waals surface area contributed by atoms with E-state index in [-0.39, 0.29) is 0 Å². The minimum atomic E-state index is 0.439. The zero-order valence-electron chi connectivity index (χ0n) is 12.3. The van der Waals surface area contributed by atoms with Crippen molar-refractivity contribution in [2.45, 2.75) is 18.8 Å². The van der Waals surface area contributed by atoms with Gasteiger partial charge in [0.1, 0.15) is 5.82 Å². The minimum absolute atomic E-state index is 0.439. The van der Waals surface area contributed by atoms with Gasteiger partial charge in [-0.3, -0.25) is 0 Å². The molecule has 108 valence electrons. The molecule has 0 unspecified atom stereocenters. The Kier molecular flexibility index (Phi) is 2.45. The van der Waals surface area contributed by atoms with E-state index in [1.807, 2.05) is 0 Å². The predicted molar refractivity (Wildman–Crippen MR) is 91.0 cm³/mol. The summed E-state index contributed by atoms with van der Waals surface area (Å²) < 4.78 is 0. The molecule has 3 heterocycles. The van der Waals surface area contributed by atoms with Crippen LogP contribution >= 0.6 is 0 Å². The van der Waals surface area contributed by atoms with Gasteiger partial charge in [0, 0.05) is 29.1 Å². The number of para-hydroxylation sites is 2. The molecule has 1 aromatic heterocycles. The maximum absolute atomic E-state index is 4.90. The molecule has 22 heavy (non-hydrogen) atoms. The van der Waals surface area contributed by atoms with E-state index in [2.05, 4.69) is 59.2 Å². The molecule has 2 aliphatic rings. The lowest BCUT2D eigenvalue weighted by molar-refractivity contribution is 0.695. The van der Waals surface area contributed by atoms with E-state index in [1.54, 1.807) is 0 Å². The molecule has 2 N–H and O–H groups in total. The third kappa shape index (κ3) is 1.59. The van der Waals surface area contributed by atoms with Crippen LogP contribution in [0.3, 0.4) is 0 Å². The van der Waals surface area contributed by atoms with Gasteiger partial charge in [0.2, 0.25) is 0 Å². The van der Waals surface area contributed by atoms with Gasteiger partial charge in [0.05, 0.1) is 11.2 Å². The van der Waals surface area contributed by atoms with Gasteiger partial charge in [-0.15, -0.1) is 0 Å². The van der Waals surface area contributed by atoms with Crippen molar-refractivity contribution >= 4 is 28.1 Å². The fourth-order valence-corrected chi connectivity index (χ4v) is 3.87. The predicted octanol–water partition coefficient (Wildman–Crippen LogP) is 4.63. The van der Waals surface area contributed by atoms with Crippen LogP contribution in [0.5, 0.6) is 0 Å². The summed E-state index contributed by atoms with van der Waals surface area (Å²) in [5.41, 5.74) is 6.27. The highest BCUT2D eigenvalue weighted by molar-refractivity contribution is 5.97. The number of hydrogen-bond acceptors (Lipinski definition) is 3. The molecule has 2 aromatic carbocycles. The summed E-state index contributed by atoms with van der Waals surface area (Å²) in [7, 11) is 0. The molecule has 3 heteroatoms. The maximum atomic E-state index is 4.90. The number of nitrogens with zero attached hydrogens (tertiary/aromatic N) is 1. The molecule has 1 atom stereocenters. The summed E-state index contributed by atoms with van der Waals surface area (Å²) in [6.45, 7) is 1.03. The van der Waals surface area contributed by atoms with Crippen LogP contribution in [0.4, 0.5) is 17.2 Å². The SMILES string of the molecule is c1ccc2c(c1)Nc1nc3ccccc3c3c1[C@H]2CCCN3. The largest absolute Gasteiger partial charge is 0.384 e. The first-order valence-electron chi connectivity index (χ1n) is 7.94. The summed E-state index contributed by atoms with van der Waals surface area (Å²) in [5.74, 6) is 1.46. The van der Waals surface area contributed by atoms with Crippen molar-refractivity contribution in [3.63, 3.8) is 0 Å². The maximum Gasteiger partial charge on any atom is 0.137 e. The molecule has 0 aliphatic carbocycles. The van der Waals surface area contributed by atoms with E-state index in [0.29, 0.717) is 5.92 Å². The number of aromatic nitrogens is 1. The van der Waals surface area contributed by atoms with Gasteiger partial charge < -0.3 is 10.6 Å².